The summed E-state index contributed by atoms with van der Waals surface area (Å²) in [7, 11) is 0. The Kier molecular flexibility index (Phi) is 3.21. The number of halogens is 2. The van der Waals surface area contributed by atoms with Crippen LogP contribution in [0.5, 0.6) is 0 Å². The van der Waals surface area contributed by atoms with Crippen LogP contribution in [0.4, 0.5) is 0 Å². The van der Waals surface area contributed by atoms with Crippen LogP contribution in [-0.2, 0) is 9.47 Å². The average Bonchev–Trinajstić information content (AvgIpc) is 2.93. The highest BCUT2D eigenvalue weighted by Gasteiger charge is 2.43. The van der Waals surface area contributed by atoms with E-state index >= 15 is 0 Å². The van der Waals surface area contributed by atoms with E-state index in [1.165, 1.54) is 0 Å². The van der Waals surface area contributed by atoms with Crippen molar-refractivity contribution in [3.63, 3.8) is 0 Å². The Labute approximate surface area is 99.1 Å². The lowest BCUT2D eigenvalue weighted by Crippen LogP contribution is -1.98. The van der Waals surface area contributed by atoms with Crippen LogP contribution in [0.1, 0.15) is 24.2 Å². The molecule has 1 aromatic carbocycles. The van der Waals surface area contributed by atoms with Crippen molar-refractivity contribution in [2.45, 2.75) is 26.2 Å². The van der Waals surface area contributed by atoms with E-state index in [-0.39, 0.29) is 12.4 Å². The third-order valence-corrected chi connectivity index (χ3v) is 3.20. The van der Waals surface area contributed by atoms with Gasteiger partial charge in [0.2, 0.25) is 0 Å². The summed E-state index contributed by atoms with van der Waals surface area (Å²) in [5, 5.41) is 1.39. The Morgan fingerprint density at radius 2 is 2.00 bits per heavy atom. The Morgan fingerprint density at radius 1 is 1.33 bits per heavy atom. The molecule has 2 atom stereocenters. The number of ether oxygens (including phenoxy) is 2. The van der Waals surface area contributed by atoms with Gasteiger partial charge in [0.05, 0.1) is 0 Å². The van der Waals surface area contributed by atoms with Crippen LogP contribution >= 0.6 is 23.2 Å². The summed E-state index contributed by atoms with van der Waals surface area (Å²) < 4.78 is 10.7. The maximum absolute atomic E-state index is 6.11. The molecule has 2 nitrogen and oxygen atoms in total. The van der Waals surface area contributed by atoms with Gasteiger partial charge in [-0.2, -0.15) is 0 Å². The zero-order valence-corrected chi connectivity index (χ0v) is 10.1. The molecule has 15 heavy (non-hydrogen) atoms. The second-order valence-corrected chi connectivity index (χ2v) is 4.26. The summed E-state index contributed by atoms with van der Waals surface area (Å²) in [5.74, 6) is 0. The summed E-state index contributed by atoms with van der Waals surface area (Å²) in [4.78, 5) is 0. The second kappa shape index (κ2) is 4.30. The minimum absolute atomic E-state index is 0.0591. The Morgan fingerprint density at radius 3 is 2.67 bits per heavy atom. The number of hydrogen-bond acceptors (Lipinski definition) is 2. The van der Waals surface area contributed by atoms with Crippen LogP contribution in [0, 0.1) is 6.92 Å². The molecule has 0 aliphatic carbocycles. The van der Waals surface area contributed by atoms with Gasteiger partial charge in [-0.1, -0.05) is 23.2 Å². The molecule has 0 N–H and O–H groups in total. The molecule has 4 heteroatoms. The predicted molar refractivity (Wildman–Crippen MR) is 60.4 cm³/mol. The molecule has 1 aromatic rings. The Hall–Kier alpha value is -0.280. The molecule has 0 radical (unpaired) electrons. The summed E-state index contributed by atoms with van der Waals surface area (Å²) in [6.45, 7) is 4.51. The fourth-order valence-corrected chi connectivity index (χ4v) is 2.09. The molecule has 0 bridgehead atoms. The highest BCUT2D eigenvalue weighted by Crippen LogP contribution is 2.45. The van der Waals surface area contributed by atoms with E-state index in [4.69, 9.17) is 32.7 Å². The first-order valence-corrected chi connectivity index (χ1v) is 5.62. The number of rotatable bonds is 3. The molecule has 0 saturated carbocycles. The van der Waals surface area contributed by atoms with Gasteiger partial charge in [0.25, 0.3) is 0 Å². The number of benzene rings is 1. The zero-order chi connectivity index (χ0) is 11.0. The van der Waals surface area contributed by atoms with Crippen molar-refractivity contribution in [1.29, 1.82) is 0 Å². The van der Waals surface area contributed by atoms with E-state index in [1.807, 2.05) is 13.8 Å². The maximum atomic E-state index is 6.11. The number of epoxide rings is 1. The second-order valence-electron chi connectivity index (χ2n) is 3.45. The van der Waals surface area contributed by atoms with Gasteiger partial charge in [0, 0.05) is 22.2 Å². The first kappa shape index (κ1) is 11.2. The first-order chi connectivity index (χ1) is 7.15. The van der Waals surface area contributed by atoms with Gasteiger partial charge in [-0.25, -0.2) is 0 Å². The van der Waals surface area contributed by atoms with Gasteiger partial charge in [-0.3, -0.25) is 0 Å². The number of hydrogen-bond donors (Lipinski definition) is 0. The third-order valence-electron chi connectivity index (χ3n) is 2.46. The van der Waals surface area contributed by atoms with E-state index < -0.39 is 0 Å². The molecule has 1 aliphatic heterocycles. The molecule has 2 rings (SSSR count). The Bertz CT molecular complexity index is 379. The standard InChI is InChI=1S/C11H12Cl2O2/c1-3-14-11-10(15-11)9-6(2)7(12)4-5-8(9)13/h4-5,10-11H,3H2,1-2H3. The largest absolute Gasteiger partial charge is 0.350 e. The lowest BCUT2D eigenvalue weighted by atomic mass is 10.1. The van der Waals surface area contributed by atoms with Crippen LogP contribution in [0.3, 0.4) is 0 Å². The van der Waals surface area contributed by atoms with Crippen LogP contribution < -0.4 is 0 Å². The highest BCUT2D eigenvalue weighted by atomic mass is 35.5. The van der Waals surface area contributed by atoms with E-state index in [2.05, 4.69) is 0 Å². The van der Waals surface area contributed by atoms with Gasteiger partial charge in [-0.15, -0.1) is 0 Å². The molecule has 1 saturated heterocycles. The molecule has 0 amide bonds. The fourth-order valence-electron chi connectivity index (χ4n) is 1.61. The molecule has 0 spiro atoms. The molecule has 0 aromatic heterocycles. The van der Waals surface area contributed by atoms with Crippen molar-refractivity contribution >= 4 is 23.2 Å². The van der Waals surface area contributed by atoms with Crippen molar-refractivity contribution in [2.75, 3.05) is 6.61 Å². The summed E-state index contributed by atoms with van der Waals surface area (Å²) in [6.07, 6.45) is -0.221. The van der Waals surface area contributed by atoms with Crippen molar-refractivity contribution in [2.24, 2.45) is 0 Å². The molecule has 2 unspecified atom stereocenters. The van der Waals surface area contributed by atoms with Gasteiger partial charge in [-0.05, 0) is 31.5 Å². The summed E-state index contributed by atoms with van der Waals surface area (Å²) >= 11 is 12.1. The summed E-state index contributed by atoms with van der Waals surface area (Å²) in [6, 6.07) is 3.58. The quantitative estimate of drug-likeness (QED) is 0.759. The van der Waals surface area contributed by atoms with E-state index in [9.17, 15) is 0 Å². The molecule has 1 aliphatic rings. The zero-order valence-electron chi connectivity index (χ0n) is 8.59. The van der Waals surface area contributed by atoms with Gasteiger partial charge in [0.1, 0.15) is 6.10 Å². The van der Waals surface area contributed by atoms with Crippen LogP contribution in [0.25, 0.3) is 0 Å². The molecule has 82 valence electrons. The Balaban J connectivity index is 2.26. The molecular weight excluding hydrogens is 235 g/mol. The molecular formula is C11H12Cl2O2. The van der Waals surface area contributed by atoms with E-state index in [1.54, 1.807) is 12.1 Å². The predicted octanol–water partition coefficient (Wildman–Crippen LogP) is 3.74. The summed E-state index contributed by atoms with van der Waals surface area (Å²) in [5.41, 5.74) is 1.92. The van der Waals surface area contributed by atoms with Gasteiger partial charge in [0.15, 0.2) is 6.29 Å². The third kappa shape index (κ3) is 2.13. The first-order valence-electron chi connectivity index (χ1n) is 4.86. The van der Waals surface area contributed by atoms with Gasteiger partial charge >= 0.3 is 0 Å². The normalized spacial score (nSPS) is 24.3. The molecule has 1 fully saturated rings. The van der Waals surface area contributed by atoms with Gasteiger partial charge < -0.3 is 9.47 Å². The van der Waals surface area contributed by atoms with Crippen LogP contribution in [0.15, 0.2) is 12.1 Å². The van der Waals surface area contributed by atoms with Crippen molar-refractivity contribution in [3.05, 3.63) is 33.3 Å². The lowest BCUT2D eigenvalue weighted by molar-refractivity contribution is 0.0593. The minimum atomic E-state index is -0.162. The fraction of sp³-hybridized carbons (Fsp3) is 0.455. The average molecular weight is 247 g/mol. The van der Waals surface area contributed by atoms with Crippen molar-refractivity contribution in [1.82, 2.24) is 0 Å². The SMILES string of the molecule is CCOC1OC1c1c(Cl)ccc(Cl)c1C. The topological polar surface area (TPSA) is 21.8 Å². The molecule has 1 heterocycles. The minimum Gasteiger partial charge on any atom is -0.350 e. The van der Waals surface area contributed by atoms with Crippen molar-refractivity contribution in [3.8, 4) is 0 Å². The van der Waals surface area contributed by atoms with Crippen molar-refractivity contribution < 1.29 is 9.47 Å². The lowest BCUT2D eigenvalue weighted by Gasteiger charge is -2.06. The van der Waals surface area contributed by atoms with Crippen LogP contribution in [-0.4, -0.2) is 12.9 Å². The monoisotopic (exact) mass is 246 g/mol. The highest BCUT2D eigenvalue weighted by molar-refractivity contribution is 6.34. The smallest absolute Gasteiger partial charge is 0.189 e. The van der Waals surface area contributed by atoms with Crippen LogP contribution in [0.2, 0.25) is 10.0 Å². The maximum Gasteiger partial charge on any atom is 0.189 e. The van der Waals surface area contributed by atoms with E-state index in [0.717, 1.165) is 11.1 Å². The van der Waals surface area contributed by atoms with E-state index in [0.29, 0.717) is 16.7 Å².